The fourth-order valence-corrected chi connectivity index (χ4v) is 3.81. The van der Waals surface area contributed by atoms with Gasteiger partial charge < -0.3 is 0 Å². The van der Waals surface area contributed by atoms with Crippen molar-refractivity contribution in [2.24, 2.45) is 0 Å². The molecule has 0 atom stereocenters. The van der Waals surface area contributed by atoms with Crippen molar-refractivity contribution in [1.29, 1.82) is 0 Å². The van der Waals surface area contributed by atoms with Crippen LogP contribution in [0.2, 0.25) is 0 Å². The second-order valence-corrected chi connectivity index (χ2v) is 6.26. The molecule has 0 aliphatic rings. The average Bonchev–Trinajstić information content (AvgIpc) is 3.19. The molecule has 0 unspecified atom stereocenters. The predicted octanol–water partition coefficient (Wildman–Crippen LogP) is 5.09. The Morgan fingerprint density at radius 1 is 0.650 bits per heavy atom. The third-order valence-electron chi connectivity index (χ3n) is 3.20. The normalized spacial score (nSPS) is 11.0. The van der Waals surface area contributed by atoms with Crippen molar-refractivity contribution in [3.05, 3.63) is 59.6 Å². The zero-order valence-corrected chi connectivity index (χ0v) is 12.1. The molecule has 4 heterocycles. The molecule has 0 spiro atoms. The number of pyridine rings is 2. The van der Waals surface area contributed by atoms with Crippen molar-refractivity contribution in [2.75, 3.05) is 0 Å². The maximum atomic E-state index is 4.56. The molecule has 0 aliphatic heterocycles. The van der Waals surface area contributed by atoms with Gasteiger partial charge in [0.15, 0.2) is 0 Å². The lowest BCUT2D eigenvalue weighted by atomic mass is 10.1. The van der Waals surface area contributed by atoms with Gasteiger partial charge in [0.1, 0.15) is 0 Å². The first-order valence-electron chi connectivity index (χ1n) is 6.25. The van der Waals surface area contributed by atoms with Crippen LogP contribution in [-0.2, 0) is 0 Å². The van der Waals surface area contributed by atoms with E-state index in [4.69, 9.17) is 0 Å². The van der Waals surface area contributed by atoms with Crippen LogP contribution < -0.4 is 0 Å². The molecule has 4 heteroatoms. The molecule has 0 fully saturated rings. The molecule has 0 aromatic carbocycles. The second kappa shape index (κ2) is 4.81. The third kappa shape index (κ3) is 1.85. The van der Waals surface area contributed by atoms with Gasteiger partial charge in [-0.3, -0.25) is 9.97 Å². The highest BCUT2D eigenvalue weighted by molar-refractivity contribution is 7.14. The van der Waals surface area contributed by atoms with Crippen molar-refractivity contribution in [3.8, 4) is 20.9 Å². The van der Waals surface area contributed by atoms with Crippen LogP contribution >= 0.6 is 22.7 Å². The number of fused-ring (bicyclic) bond motifs is 1. The van der Waals surface area contributed by atoms with Crippen molar-refractivity contribution in [2.45, 2.75) is 0 Å². The Labute approximate surface area is 124 Å². The fourth-order valence-electron chi connectivity index (χ4n) is 2.31. The van der Waals surface area contributed by atoms with E-state index in [1.165, 1.54) is 9.75 Å². The molecule has 4 aromatic rings. The predicted molar refractivity (Wildman–Crippen MR) is 86.2 cm³/mol. The first kappa shape index (κ1) is 11.8. The standard InChI is InChI=1S/C16H10N2S2/c1-3-13(19-9-1)11-5-7-18-16-12(6-8-17-15(11)16)14-4-2-10-20-14/h1-10H. The van der Waals surface area contributed by atoms with Crippen molar-refractivity contribution < 1.29 is 0 Å². The van der Waals surface area contributed by atoms with Crippen molar-refractivity contribution >= 4 is 33.7 Å². The van der Waals surface area contributed by atoms with Gasteiger partial charge in [0.05, 0.1) is 11.0 Å². The van der Waals surface area contributed by atoms with E-state index < -0.39 is 0 Å². The Morgan fingerprint density at radius 2 is 1.15 bits per heavy atom. The summed E-state index contributed by atoms with van der Waals surface area (Å²) >= 11 is 3.46. The Hall–Kier alpha value is -2.04. The minimum Gasteiger partial charge on any atom is -0.254 e. The van der Waals surface area contributed by atoms with E-state index in [0.29, 0.717) is 0 Å². The molecule has 0 N–H and O–H groups in total. The molecule has 0 saturated carbocycles. The van der Waals surface area contributed by atoms with Crippen LogP contribution in [0, 0.1) is 0 Å². The highest BCUT2D eigenvalue weighted by atomic mass is 32.1. The summed E-state index contributed by atoms with van der Waals surface area (Å²) in [4.78, 5) is 11.6. The molecule has 4 rings (SSSR count). The largest absolute Gasteiger partial charge is 0.254 e. The number of aromatic nitrogens is 2. The zero-order valence-electron chi connectivity index (χ0n) is 10.5. The summed E-state index contributed by atoms with van der Waals surface area (Å²) in [7, 11) is 0. The molecule has 0 saturated heterocycles. The number of hydrogen-bond acceptors (Lipinski definition) is 4. The summed E-state index contributed by atoms with van der Waals surface area (Å²) in [6.07, 6.45) is 3.74. The van der Waals surface area contributed by atoms with Crippen molar-refractivity contribution in [1.82, 2.24) is 9.97 Å². The monoisotopic (exact) mass is 294 g/mol. The molecule has 96 valence electrons. The van der Waals surface area contributed by atoms with Gasteiger partial charge in [0.25, 0.3) is 0 Å². The maximum absolute atomic E-state index is 4.56. The number of thiophene rings is 2. The molecular weight excluding hydrogens is 284 g/mol. The highest BCUT2D eigenvalue weighted by Gasteiger charge is 2.11. The molecular formula is C16H10N2S2. The van der Waals surface area contributed by atoms with Gasteiger partial charge in [-0.2, -0.15) is 0 Å². The van der Waals surface area contributed by atoms with Crippen molar-refractivity contribution in [3.63, 3.8) is 0 Å². The van der Waals surface area contributed by atoms with Gasteiger partial charge in [0.2, 0.25) is 0 Å². The SMILES string of the molecule is c1csc(-c2ccnc3c(-c4cccs4)ccnc23)c1. The molecule has 2 nitrogen and oxygen atoms in total. The summed E-state index contributed by atoms with van der Waals surface area (Å²) in [5, 5.41) is 4.18. The maximum Gasteiger partial charge on any atom is 0.0979 e. The lowest BCUT2D eigenvalue weighted by Gasteiger charge is -2.06. The third-order valence-corrected chi connectivity index (χ3v) is 5.00. The van der Waals surface area contributed by atoms with Gasteiger partial charge in [0, 0.05) is 33.3 Å². The summed E-state index contributed by atoms with van der Waals surface area (Å²) in [5.41, 5.74) is 4.26. The number of rotatable bonds is 2. The minimum absolute atomic E-state index is 0.973. The first-order valence-corrected chi connectivity index (χ1v) is 8.01. The fraction of sp³-hybridized carbons (Fsp3) is 0. The zero-order chi connectivity index (χ0) is 13.4. The van der Waals surface area contributed by atoms with E-state index in [1.54, 1.807) is 22.7 Å². The lowest BCUT2D eigenvalue weighted by Crippen LogP contribution is -1.88. The molecule has 0 aliphatic carbocycles. The highest BCUT2D eigenvalue weighted by Crippen LogP contribution is 2.35. The van der Waals surface area contributed by atoms with Crippen LogP contribution in [0.1, 0.15) is 0 Å². The summed E-state index contributed by atoms with van der Waals surface area (Å²) < 4.78 is 0. The van der Waals surface area contributed by atoms with Crippen LogP contribution in [0.25, 0.3) is 31.9 Å². The van der Waals surface area contributed by atoms with Gasteiger partial charge in [-0.25, -0.2) is 0 Å². The van der Waals surface area contributed by atoms with Gasteiger partial charge in [-0.05, 0) is 35.0 Å². The topological polar surface area (TPSA) is 25.8 Å². The van der Waals surface area contributed by atoms with Crippen LogP contribution in [0.5, 0.6) is 0 Å². The second-order valence-electron chi connectivity index (χ2n) is 4.37. The smallest absolute Gasteiger partial charge is 0.0979 e. The van der Waals surface area contributed by atoms with Gasteiger partial charge >= 0.3 is 0 Å². The van der Waals surface area contributed by atoms with E-state index in [9.17, 15) is 0 Å². The molecule has 0 bridgehead atoms. The Bertz CT molecular complexity index is 776. The Balaban J connectivity index is 2.04. The van der Waals surface area contributed by atoms with E-state index >= 15 is 0 Å². The van der Waals surface area contributed by atoms with Crippen LogP contribution in [0.3, 0.4) is 0 Å². The van der Waals surface area contributed by atoms with Crippen LogP contribution in [0.4, 0.5) is 0 Å². The molecule has 4 aromatic heterocycles. The summed E-state index contributed by atoms with van der Waals surface area (Å²) in [5.74, 6) is 0. The van der Waals surface area contributed by atoms with E-state index in [1.807, 2.05) is 24.5 Å². The quantitative estimate of drug-likeness (QED) is 0.515. The molecule has 0 amide bonds. The average molecular weight is 294 g/mol. The lowest BCUT2D eigenvalue weighted by molar-refractivity contribution is 1.34. The number of nitrogens with zero attached hydrogens (tertiary/aromatic N) is 2. The van der Waals surface area contributed by atoms with E-state index in [2.05, 4.69) is 45.0 Å². The minimum atomic E-state index is 0.973. The Kier molecular flexibility index (Phi) is 2.83. The molecule has 20 heavy (non-hydrogen) atoms. The summed E-state index contributed by atoms with van der Waals surface area (Å²) in [6, 6.07) is 12.5. The Morgan fingerprint density at radius 3 is 1.55 bits per heavy atom. The molecule has 0 radical (unpaired) electrons. The van der Waals surface area contributed by atoms with Gasteiger partial charge in [-0.15, -0.1) is 22.7 Å². The van der Waals surface area contributed by atoms with E-state index in [-0.39, 0.29) is 0 Å². The van der Waals surface area contributed by atoms with E-state index in [0.717, 1.165) is 22.2 Å². The summed E-state index contributed by atoms with van der Waals surface area (Å²) in [6.45, 7) is 0. The first-order chi connectivity index (χ1) is 9.93. The van der Waals surface area contributed by atoms with Gasteiger partial charge in [-0.1, -0.05) is 12.1 Å². The number of hydrogen-bond donors (Lipinski definition) is 0. The van der Waals surface area contributed by atoms with Crippen LogP contribution in [0.15, 0.2) is 59.6 Å². The van der Waals surface area contributed by atoms with Crippen LogP contribution in [-0.4, -0.2) is 9.97 Å².